The van der Waals surface area contributed by atoms with Gasteiger partial charge >= 0.3 is 0 Å². The summed E-state index contributed by atoms with van der Waals surface area (Å²) in [7, 11) is 1.67. The highest BCUT2D eigenvalue weighted by molar-refractivity contribution is 6.20. The second-order valence-corrected chi connectivity index (χ2v) is 6.25. The number of rotatable bonds is 3. The zero-order chi connectivity index (χ0) is 17.5. The molecular formula is C22H17N3O. The SMILES string of the molecule is COc1ccc(Nc2nc3ccccc3c3[nH]c4ccccc4c23)cc1. The minimum Gasteiger partial charge on any atom is -0.497 e. The third-order valence-electron chi connectivity index (χ3n) is 4.70. The number of ether oxygens (including phenoxy) is 1. The van der Waals surface area contributed by atoms with Gasteiger partial charge in [0.05, 0.1) is 23.5 Å². The van der Waals surface area contributed by atoms with E-state index in [2.05, 4.69) is 34.6 Å². The molecule has 0 saturated carbocycles. The van der Waals surface area contributed by atoms with Gasteiger partial charge in [-0.3, -0.25) is 0 Å². The number of benzene rings is 3. The Bertz CT molecular complexity index is 1240. The highest BCUT2D eigenvalue weighted by Crippen LogP contribution is 2.36. The molecule has 26 heavy (non-hydrogen) atoms. The first-order chi connectivity index (χ1) is 12.8. The first-order valence-electron chi connectivity index (χ1n) is 8.54. The Labute approximate surface area is 150 Å². The maximum Gasteiger partial charge on any atom is 0.141 e. The van der Waals surface area contributed by atoms with Crippen LogP contribution in [-0.2, 0) is 0 Å². The molecule has 0 aliphatic heterocycles. The second-order valence-electron chi connectivity index (χ2n) is 6.25. The van der Waals surface area contributed by atoms with Crippen molar-refractivity contribution in [1.82, 2.24) is 9.97 Å². The van der Waals surface area contributed by atoms with E-state index in [1.807, 2.05) is 48.5 Å². The summed E-state index contributed by atoms with van der Waals surface area (Å²) in [6.45, 7) is 0. The summed E-state index contributed by atoms with van der Waals surface area (Å²) < 4.78 is 5.24. The maximum absolute atomic E-state index is 5.24. The lowest BCUT2D eigenvalue weighted by atomic mass is 10.1. The molecule has 0 radical (unpaired) electrons. The van der Waals surface area contributed by atoms with Crippen molar-refractivity contribution in [2.45, 2.75) is 0 Å². The van der Waals surface area contributed by atoms with Crippen molar-refractivity contribution in [2.24, 2.45) is 0 Å². The number of pyridine rings is 1. The van der Waals surface area contributed by atoms with Crippen LogP contribution >= 0.6 is 0 Å². The van der Waals surface area contributed by atoms with Crippen LogP contribution in [0.2, 0.25) is 0 Å². The zero-order valence-corrected chi connectivity index (χ0v) is 14.3. The van der Waals surface area contributed by atoms with Crippen molar-refractivity contribution in [3.8, 4) is 5.75 Å². The van der Waals surface area contributed by atoms with Crippen LogP contribution in [-0.4, -0.2) is 17.1 Å². The number of nitrogens with zero attached hydrogens (tertiary/aromatic N) is 1. The third kappa shape index (κ3) is 2.27. The average Bonchev–Trinajstić information content (AvgIpc) is 3.09. The van der Waals surface area contributed by atoms with Crippen molar-refractivity contribution in [2.75, 3.05) is 12.4 Å². The highest BCUT2D eigenvalue weighted by atomic mass is 16.5. The smallest absolute Gasteiger partial charge is 0.141 e. The van der Waals surface area contributed by atoms with Crippen LogP contribution in [0.15, 0.2) is 72.8 Å². The van der Waals surface area contributed by atoms with E-state index in [9.17, 15) is 0 Å². The van der Waals surface area contributed by atoms with E-state index >= 15 is 0 Å². The fraction of sp³-hybridized carbons (Fsp3) is 0.0455. The van der Waals surface area contributed by atoms with E-state index in [1.54, 1.807) is 7.11 Å². The van der Waals surface area contributed by atoms with Crippen molar-refractivity contribution in [1.29, 1.82) is 0 Å². The summed E-state index contributed by atoms with van der Waals surface area (Å²) in [5.41, 5.74) is 4.15. The van der Waals surface area contributed by atoms with Gasteiger partial charge in [0.25, 0.3) is 0 Å². The quantitative estimate of drug-likeness (QED) is 0.448. The van der Waals surface area contributed by atoms with Gasteiger partial charge < -0.3 is 15.0 Å². The molecule has 4 nitrogen and oxygen atoms in total. The molecule has 5 rings (SSSR count). The van der Waals surface area contributed by atoms with E-state index in [-0.39, 0.29) is 0 Å². The Morgan fingerprint density at radius 1 is 0.846 bits per heavy atom. The van der Waals surface area contributed by atoms with Gasteiger partial charge in [0, 0.05) is 22.0 Å². The second kappa shape index (κ2) is 5.77. The van der Waals surface area contributed by atoms with E-state index in [0.717, 1.165) is 50.0 Å². The van der Waals surface area contributed by atoms with E-state index in [4.69, 9.17) is 9.72 Å². The van der Waals surface area contributed by atoms with Crippen molar-refractivity contribution >= 4 is 44.2 Å². The molecule has 0 spiro atoms. The molecule has 0 bridgehead atoms. The van der Waals surface area contributed by atoms with Crippen LogP contribution in [0.25, 0.3) is 32.7 Å². The minimum atomic E-state index is 0.833. The number of para-hydroxylation sites is 2. The fourth-order valence-electron chi connectivity index (χ4n) is 3.45. The van der Waals surface area contributed by atoms with Gasteiger partial charge in [-0.1, -0.05) is 36.4 Å². The molecule has 0 saturated heterocycles. The number of aromatic nitrogens is 2. The number of nitrogens with one attached hydrogen (secondary N) is 2. The molecular weight excluding hydrogens is 322 g/mol. The van der Waals surface area contributed by atoms with E-state index < -0.39 is 0 Å². The molecule has 0 atom stereocenters. The van der Waals surface area contributed by atoms with Gasteiger partial charge in [-0.2, -0.15) is 0 Å². The molecule has 5 aromatic rings. The molecule has 126 valence electrons. The largest absolute Gasteiger partial charge is 0.497 e. The van der Waals surface area contributed by atoms with Gasteiger partial charge in [-0.25, -0.2) is 4.98 Å². The Morgan fingerprint density at radius 3 is 2.38 bits per heavy atom. The number of aromatic amines is 1. The monoisotopic (exact) mass is 339 g/mol. The van der Waals surface area contributed by atoms with Crippen molar-refractivity contribution < 1.29 is 4.74 Å². The number of anilines is 2. The summed E-state index contributed by atoms with van der Waals surface area (Å²) in [4.78, 5) is 8.47. The van der Waals surface area contributed by atoms with Crippen LogP contribution < -0.4 is 10.1 Å². The summed E-state index contributed by atoms with van der Waals surface area (Å²) in [5, 5.41) is 6.88. The summed E-state index contributed by atoms with van der Waals surface area (Å²) in [5.74, 6) is 1.68. The van der Waals surface area contributed by atoms with Crippen LogP contribution in [0.5, 0.6) is 5.75 Å². The van der Waals surface area contributed by atoms with Gasteiger partial charge in [0.1, 0.15) is 11.6 Å². The number of methoxy groups -OCH3 is 1. The molecule has 2 aromatic heterocycles. The maximum atomic E-state index is 5.24. The summed E-state index contributed by atoms with van der Waals surface area (Å²) in [6.07, 6.45) is 0. The number of fused-ring (bicyclic) bond motifs is 5. The van der Waals surface area contributed by atoms with E-state index in [0.29, 0.717) is 0 Å². The molecule has 2 heterocycles. The lowest BCUT2D eigenvalue weighted by Crippen LogP contribution is -1.95. The Kier molecular flexibility index (Phi) is 3.28. The topological polar surface area (TPSA) is 49.9 Å². The van der Waals surface area contributed by atoms with Crippen molar-refractivity contribution in [3.05, 3.63) is 72.8 Å². The molecule has 0 amide bonds. The van der Waals surface area contributed by atoms with Gasteiger partial charge in [0.15, 0.2) is 0 Å². The Balaban J connectivity index is 1.78. The first-order valence-corrected chi connectivity index (χ1v) is 8.54. The normalized spacial score (nSPS) is 11.3. The van der Waals surface area contributed by atoms with Gasteiger partial charge in [0.2, 0.25) is 0 Å². The van der Waals surface area contributed by atoms with Gasteiger partial charge in [-0.05, 0) is 36.4 Å². The third-order valence-corrected chi connectivity index (χ3v) is 4.70. The predicted octanol–water partition coefficient (Wildman–Crippen LogP) is 5.62. The fourth-order valence-corrected chi connectivity index (χ4v) is 3.45. The molecule has 0 aliphatic rings. The van der Waals surface area contributed by atoms with Crippen molar-refractivity contribution in [3.63, 3.8) is 0 Å². The highest BCUT2D eigenvalue weighted by Gasteiger charge is 2.14. The molecule has 0 aliphatic carbocycles. The minimum absolute atomic E-state index is 0.833. The van der Waals surface area contributed by atoms with Crippen LogP contribution in [0.1, 0.15) is 0 Å². The first kappa shape index (κ1) is 14.8. The lowest BCUT2D eigenvalue weighted by Gasteiger charge is -2.10. The standard InChI is InChI=1S/C22H17N3O/c1-26-15-12-10-14(11-13-15)23-22-20-16-6-2-4-8-18(16)24-21(20)17-7-3-5-9-19(17)25-22/h2-13,24H,1H3,(H,23,25). The molecule has 0 fully saturated rings. The van der Waals surface area contributed by atoms with Crippen LogP contribution in [0.3, 0.4) is 0 Å². The summed E-state index contributed by atoms with van der Waals surface area (Å²) in [6, 6.07) is 24.4. The molecule has 3 aromatic carbocycles. The zero-order valence-electron chi connectivity index (χ0n) is 14.3. The molecule has 0 unspecified atom stereocenters. The molecule has 2 N–H and O–H groups in total. The summed E-state index contributed by atoms with van der Waals surface area (Å²) >= 11 is 0. The number of hydrogen-bond donors (Lipinski definition) is 2. The number of hydrogen-bond acceptors (Lipinski definition) is 3. The van der Waals surface area contributed by atoms with Crippen LogP contribution in [0.4, 0.5) is 11.5 Å². The lowest BCUT2D eigenvalue weighted by molar-refractivity contribution is 0.415. The number of H-pyrrole nitrogens is 1. The Morgan fingerprint density at radius 2 is 1.58 bits per heavy atom. The molecule has 4 heteroatoms. The predicted molar refractivity (Wildman–Crippen MR) is 107 cm³/mol. The van der Waals surface area contributed by atoms with Gasteiger partial charge in [-0.15, -0.1) is 0 Å². The Hall–Kier alpha value is -3.53. The van der Waals surface area contributed by atoms with E-state index in [1.165, 1.54) is 0 Å². The average molecular weight is 339 g/mol. The van der Waals surface area contributed by atoms with Crippen LogP contribution in [0, 0.1) is 0 Å².